The molecule has 1 aliphatic rings. The van der Waals surface area contributed by atoms with E-state index in [9.17, 15) is 4.79 Å². The maximum atomic E-state index is 12.4. The van der Waals surface area contributed by atoms with Crippen LogP contribution >= 0.6 is 0 Å². The first-order valence-electron chi connectivity index (χ1n) is 10.8. The molecule has 170 valence electrons. The molecule has 2 heterocycles. The van der Waals surface area contributed by atoms with Crippen molar-refractivity contribution >= 4 is 11.6 Å². The molecule has 2 aromatic rings. The number of hydrogen-bond donors (Lipinski definition) is 2. The lowest BCUT2D eigenvalue weighted by Gasteiger charge is -2.29. The number of ether oxygens (including phenoxy) is 2. The molecule has 1 saturated heterocycles. The Kier molecular flexibility index (Phi) is 8.92. The van der Waals surface area contributed by atoms with Crippen molar-refractivity contribution in [3.8, 4) is 11.8 Å². The van der Waals surface area contributed by atoms with Crippen LogP contribution in [0.2, 0.25) is 0 Å². The number of nitriles is 1. The summed E-state index contributed by atoms with van der Waals surface area (Å²) in [5.41, 5.74) is 2.45. The van der Waals surface area contributed by atoms with Gasteiger partial charge in [0, 0.05) is 25.7 Å². The average molecular weight is 439 g/mol. The number of nitrogens with one attached hydrogen (secondary N) is 2. The summed E-state index contributed by atoms with van der Waals surface area (Å²) in [5, 5.41) is 15.2. The van der Waals surface area contributed by atoms with Gasteiger partial charge in [0.1, 0.15) is 11.8 Å². The van der Waals surface area contributed by atoms with Crippen LogP contribution < -0.4 is 15.4 Å². The van der Waals surface area contributed by atoms with Crippen molar-refractivity contribution in [3.63, 3.8) is 0 Å². The van der Waals surface area contributed by atoms with Crippen LogP contribution in [-0.2, 0) is 22.4 Å². The summed E-state index contributed by atoms with van der Waals surface area (Å²) in [6.07, 6.45) is 3.72. The van der Waals surface area contributed by atoms with Gasteiger partial charge in [-0.25, -0.2) is 4.98 Å². The monoisotopic (exact) mass is 438 g/mol. The van der Waals surface area contributed by atoms with Gasteiger partial charge in [-0.3, -0.25) is 14.7 Å². The Labute approximate surface area is 188 Å². The third-order valence-corrected chi connectivity index (χ3v) is 5.24. The molecule has 1 aromatic heterocycles. The van der Waals surface area contributed by atoms with Crippen LogP contribution in [0.25, 0.3) is 0 Å². The molecule has 1 amide bonds. The third kappa shape index (κ3) is 7.27. The molecule has 0 aliphatic carbocycles. The lowest BCUT2D eigenvalue weighted by atomic mass is 10.1. The normalized spacial score (nSPS) is 15.0. The Morgan fingerprint density at radius 3 is 2.81 bits per heavy atom. The molecular weight excluding hydrogens is 408 g/mol. The van der Waals surface area contributed by atoms with Gasteiger partial charge in [-0.1, -0.05) is 6.07 Å². The van der Waals surface area contributed by atoms with Gasteiger partial charge in [0.2, 0.25) is 5.91 Å². The van der Waals surface area contributed by atoms with E-state index in [1.807, 2.05) is 24.3 Å². The molecule has 9 heteroatoms. The predicted molar refractivity (Wildman–Crippen MR) is 121 cm³/mol. The number of aromatic nitrogens is 2. The Hall–Kier alpha value is -3.06. The maximum absolute atomic E-state index is 12.4. The molecule has 3 rings (SSSR count). The molecule has 1 unspecified atom stereocenters. The second-order valence-corrected chi connectivity index (χ2v) is 7.78. The number of methoxy groups -OCH3 is 1. The SMILES string of the molecule is COc1cc(CCNC(C)CN2CCOCC2)ccc1NC(=O)Cc1cnc(C#N)cn1. The van der Waals surface area contributed by atoms with Crippen molar-refractivity contribution < 1.29 is 14.3 Å². The van der Waals surface area contributed by atoms with E-state index in [0.717, 1.165) is 51.4 Å². The van der Waals surface area contributed by atoms with E-state index in [1.165, 1.54) is 12.4 Å². The standard InChI is InChI=1S/C23H30N6O3/c1-17(16-29-7-9-32-10-8-29)25-6-5-18-3-4-21(22(11-18)31-2)28-23(30)12-19-14-27-20(13-24)15-26-19/h3-4,11,14-15,17,25H,5-10,12,16H2,1-2H3,(H,28,30). The Morgan fingerprint density at radius 1 is 1.31 bits per heavy atom. The molecule has 2 N–H and O–H groups in total. The summed E-state index contributed by atoms with van der Waals surface area (Å²) in [6.45, 7) is 7.70. The number of carbonyl (C=O) groups excluding carboxylic acids is 1. The zero-order valence-corrected chi connectivity index (χ0v) is 18.6. The zero-order valence-electron chi connectivity index (χ0n) is 18.6. The summed E-state index contributed by atoms with van der Waals surface area (Å²) in [5.74, 6) is 0.386. The second-order valence-electron chi connectivity index (χ2n) is 7.78. The minimum absolute atomic E-state index is 0.0641. The van der Waals surface area contributed by atoms with Gasteiger partial charge < -0.3 is 20.1 Å². The Balaban J connectivity index is 1.47. The topological polar surface area (TPSA) is 112 Å². The van der Waals surface area contributed by atoms with Crippen LogP contribution in [-0.4, -0.2) is 73.3 Å². The molecule has 1 aromatic carbocycles. The van der Waals surface area contributed by atoms with Crippen LogP contribution in [0, 0.1) is 11.3 Å². The number of rotatable bonds is 10. The molecule has 9 nitrogen and oxygen atoms in total. The highest BCUT2D eigenvalue weighted by atomic mass is 16.5. The van der Waals surface area contributed by atoms with E-state index in [-0.39, 0.29) is 18.0 Å². The first kappa shape index (κ1) is 23.6. The lowest BCUT2D eigenvalue weighted by Crippen LogP contribution is -2.44. The van der Waals surface area contributed by atoms with Crippen molar-refractivity contribution in [2.75, 3.05) is 51.8 Å². The number of morpholine rings is 1. The van der Waals surface area contributed by atoms with Gasteiger partial charge in [0.15, 0.2) is 5.69 Å². The van der Waals surface area contributed by atoms with Crippen LogP contribution in [0.1, 0.15) is 23.9 Å². The summed E-state index contributed by atoms with van der Waals surface area (Å²) >= 11 is 0. The zero-order chi connectivity index (χ0) is 22.8. The van der Waals surface area contributed by atoms with Crippen LogP contribution in [0.15, 0.2) is 30.6 Å². The second kappa shape index (κ2) is 12.1. The highest BCUT2D eigenvalue weighted by Crippen LogP contribution is 2.26. The van der Waals surface area contributed by atoms with Gasteiger partial charge in [-0.2, -0.15) is 5.26 Å². The molecular formula is C23H30N6O3. The minimum Gasteiger partial charge on any atom is -0.495 e. The van der Waals surface area contributed by atoms with E-state index in [1.54, 1.807) is 7.11 Å². The molecule has 0 saturated carbocycles. The van der Waals surface area contributed by atoms with Crippen molar-refractivity contribution in [1.29, 1.82) is 5.26 Å². The summed E-state index contributed by atoms with van der Waals surface area (Å²) < 4.78 is 10.9. The van der Waals surface area contributed by atoms with Crippen molar-refractivity contribution in [1.82, 2.24) is 20.2 Å². The number of amides is 1. The fourth-order valence-corrected chi connectivity index (χ4v) is 3.56. The molecule has 0 spiro atoms. The van der Waals surface area contributed by atoms with Crippen molar-refractivity contribution in [2.45, 2.75) is 25.8 Å². The number of carbonyl (C=O) groups is 1. The summed E-state index contributed by atoms with van der Waals surface area (Å²) in [7, 11) is 1.59. The van der Waals surface area contributed by atoms with Gasteiger partial charge in [0.05, 0.1) is 50.5 Å². The number of anilines is 1. The average Bonchev–Trinajstić information content (AvgIpc) is 2.81. The van der Waals surface area contributed by atoms with E-state index >= 15 is 0 Å². The maximum Gasteiger partial charge on any atom is 0.230 e. The molecule has 1 fully saturated rings. The summed E-state index contributed by atoms with van der Waals surface area (Å²) in [6, 6.07) is 8.11. The summed E-state index contributed by atoms with van der Waals surface area (Å²) in [4.78, 5) is 22.8. The van der Waals surface area contributed by atoms with Crippen LogP contribution in [0.4, 0.5) is 5.69 Å². The molecule has 1 atom stereocenters. The fourth-order valence-electron chi connectivity index (χ4n) is 3.56. The fraction of sp³-hybridized carbons (Fsp3) is 0.478. The first-order valence-corrected chi connectivity index (χ1v) is 10.8. The van der Waals surface area contributed by atoms with E-state index in [2.05, 4.69) is 32.4 Å². The smallest absolute Gasteiger partial charge is 0.230 e. The Bertz CT molecular complexity index is 922. The van der Waals surface area contributed by atoms with Gasteiger partial charge in [-0.15, -0.1) is 0 Å². The first-order chi connectivity index (χ1) is 15.6. The van der Waals surface area contributed by atoms with E-state index in [4.69, 9.17) is 14.7 Å². The number of hydrogen-bond acceptors (Lipinski definition) is 8. The Morgan fingerprint density at radius 2 is 2.12 bits per heavy atom. The van der Waals surface area contributed by atoms with E-state index in [0.29, 0.717) is 23.2 Å². The van der Waals surface area contributed by atoms with Gasteiger partial charge >= 0.3 is 0 Å². The van der Waals surface area contributed by atoms with Gasteiger partial charge in [-0.05, 0) is 37.6 Å². The molecule has 0 radical (unpaired) electrons. The largest absolute Gasteiger partial charge is 0.495 e. The third-order valence-electron chi connectivity index (χ3n) is 5.24. The quantitative estimate of drug-likeness (QED) is 0.572. The van der Waals surface area contributed by atoms with Crippen molar-refractivity contribution in [3.05, 3.63) is 47.5 Å². The highest BCUT2D eigenvalue weighted by molar-refractivity contribution is 5.93. The molecule has 32 heavy (non-hydrogen) atoms. The lowest BCUT2D eigenvalue weighted by molar-refractivity contribution is -0.115. The molecule has 1 aliphatic heterocycles. The van der Waals surface area contributed by atoms with Crippen molar-refractivity contribution in [2.24, 2.45) is 0 Å². The van der Waals surface area contributed by atoms with Crippen LogP contribution in [0.5, 0.6) is 5.75 Å². The van der Waals surface area contributed by atoms with E-state index < -0.39 is 0 Å². The molecule has 0 bridgehead atoms. The highest BCUT2D eigenvalue weighted by Gasteiger charge is 2.14. The predicted octanol–water partition coefficient (Wildman–Crippen LogP) is 1.39. The van der Waals surface area contributed by atoms with Gasteiger partial charge in [0.25, 0.3) is 0 Å². The van der Waals surface area contributed by atoms with Crippen LogP contribution in [0.3, 0.4) is 0 Å². The number of nitrogens with zero attached hydrogens (tertiary/aromatic N) is 4. The number of benzene rings is 1. The minimum atomic E-state index is -0.228.